The first-order valence-electron chi connectivity index (χ1n) is 12.0. The molecule has 0 fully saturated rings. The van der Waals surface area contributed by atoms with E-state index in [1.165, 1.54) is 27.2 Å². The number of methoxy groups -OCH3 is 3. The van der Waals surface area contributed by atoms with E-state index in [-0.39, 0.29) is 17.0 Å². The molecule has 0 spiro atoms. The molecule has 2 aromatic carbocycles. The predicted octanol–water partition coefficient (Wildman–Crippen LogP) is 3.92. The lowest BCUT2D eigenvalue weighted by atomic mass is 9.95. The second-order valence-corrected chi connectivity index (χ2v) is 8.77. The van der Waals surface area contributed by atoms with Crippen LogP contribution in [0.1, 0.15) is 56.7 Å². The van der Waals surface area contributed by atoms with Crippen molar-refractivity contribution in [1.29, 1.82) is 0 Å². The van der Waals surface area contributed by atoms with Gasteiger partial charge in [-0.3, -0.25) is 9.59 Å². The molecular formula is C27H34N2O7. The minimum atomic E-state index is -1.02. The summed E-state index contributed by atoms with van der Waals surface area (Å²) in [5.74, 6) is 0.147. The predicted molar refractivity (Wildman–Crippen MR) is 137 cm³/mol. The van der Waals surface area contributed by atoms with Gasteiger partial charge in [-0.15, -0.1) is 0 Å². The molecule has 0 saturated heterocycles. The Bertz CT molecular complexity index is 1200. The molecule has 9 heteroatoms. The number of carbonyl (C=O) groups excluding carboxylic acids is 1. The van der Waals surface area contributed by atoms with Crippen LogP contribution in [-0.2, 0) is 16.0 Å². The Morgan fingerprint density at radius 1 is 1.11 bits per heavy atom. The lowest BCUT2D eigenvalue weighted by Crippen LogP contribution is -2.31. The number of carboxylic acid groups (broad SMARTS) is 1. The van der Waals surface area contributed by atoms with Crippen LogP contribution in [0.2, 0.25) is 0 Å². The summed E-state index contributed by atoms with van der Waals surface area (Å²) in [5, 5.41) is 15.5. The molecule has 3 N–H and O–H groups in total. The van der Waals surface area contributed by atoms with Gasteiger partial charge in [-0.1, -0.05) is 25.8 Å². The molecule has 0 bridgehead atoms. The van der Waals surface area contributed by atoms with Crippen molar-refractivity contribution in [1.82, 2.24) is 5.32 Å². The van der Waals surface area contributed by atoms with E-state index in [0.29, 0.717) is 54.1 Å². The highest BCUT2D eigenvalue weighted by atomic mass is 16.5. The van der Waals surface area contributed by atoms with Gasteiger partial charge in [0, 0.05) is 12.5 Å². The number of aryl methyl sites for hydroxylation is 1. The number of anilines is 1. The fourth-order valence-corrected chi connectivity index (χ4v) is 4.68. The molecule has 1 aliphatic rings. The molecule has 3 rings (SSSR count). The zero-order valence-electron chi connectivity index (χ0n) is 21.4. The molecule has 194 valence electrons. The van der Waals surface area contributed by atoms with Gasteiger partial charge < -0.3 is 30.0 Å². The van der Waals surface area contributed by atoms with E-state index in [1.807, 2.05) is 13.0 Å². The standard InChI is InChI=1S/C27H34N2O7/c1-6-7-8-21(27(32)33)29-20-12-10-17-18(14-22(20)31)19(28-15(2)30)11-9-16-13-23(34-3)25(35-4)26(36-5)24(16)17/h10,12-14,19,21H,6-9,11H2,1-5H3,(H,28,30)(H,29,31)(H,32,33)/t19-,21?/m0/s1. The molecule has 0 radical (unpaired) electrons. The van der Waals surface area contributed by atoms with Crippen molar-refractivity contribution in [2.75, 3.05) is 26.6 Å². The molecule has 0 aromatic heterocycles. The summed E-state index contributed by atoms with van der Waals surface area (Å²) >= 11 is 0. The number of unbranched alkanes of at least 4 members (excludes halogenated alkanes) is 1. The minimum Gasteiger partial charge on any atom is -0.493 e. The zero-order chi connectivity index (χ0) is 26.4. The molecule has 2 aromatic rings. The van der Waals surface area contributed by atoms with Crippen molar-refractivity contribution < 1.29 is 28.9 Å². The number of amides is 1. The molecule has 0 aliphatic heterocycles. The SMILES string of the molecule is CCCCC(Nc1ccc2c(cc1=O)[C@@H](NC(C)=O)CCc1cc(OC)c(OC)c(OC)c1-2)C(=O)O. The van der Waals surface area contributed by atoms with E-state index in [0.717, 1.165) is 17.5 Å². The molecular weight excluding hydrogens is 464 g/mol. The largest absolute Gasteiger partial charge is 0.493 e. The van der Waals surface area contributed by atoms with Crippen LogP contribution >= 0.6 is 0 Å². The molecule has 0 heterocycles. The van der Waals surface area contributed by atoms with Crippen molar-refractivity contribution >= 4 is 17.6 Å². The molecule has 1 unspecified atom stereocenters. The summed E-state index contributed by atoms with van der Waals surface area (Å²) in [6.07, 6.45) is 3.08. The van der Waals surface area contributed by atoms with Gasteiger partial charge in [0.05, 0.1) is 33.1 Å². The fraction of sp³-hybridized carbons (Fsp3) is 0.444. The average Bonchev–Trinajstić information content (AvgIpc) is 3.09. The number of rotatable bonds is 10. The van der Waals surface area contributed by atoms with Gasteiger partial charge in [-0.2, -0.15) is 0 Å². The Labute approximate surface area is 210 Å². The Hall–Kier alpha value is -3.75. The highest BCUT2D eigenvalue weighted by Gasteiger charge is 2.29. The van der Waals surface area contributed by atoms with Crippen molar-refractivity contribution in [3.8, 4) is 28.4 Å². The van der Waals surface area contributed by atoms with Gasteiger partial charge in [-0.05, 0) is 54.2 Å². The van der Waals surface area contributed by atoms with Crippen LogP contribution < -0.4 is 30.3 Å². The Kier molecular flexibility index (Phi) is 8.79. The number of hydrogen-bond acceptors (Lipinski definition) is 7. The van der Waals surface area contributed by atoms with Gasteiger partial charge in [0.15, 0.2) is 11.5 Å². The van der Waals surface area contributed by atoms with Crippen LogP contribution in [0.15, 0.2) is 29.1 Å². The van der Waals surface area contributed by atoms with E-state index in [4.69, 9.17) is 14.2 Å². The van der Waals surface area contributed by atoms with Crippen LogP contribution in [0.3, 0.4) is 0 Å². The number of hydrogen-bond donors (Lipinski definition) is 3. The highest BCUT2D eigenvalue weighted by Crippen LogP contribution is 2.50. The van der Waals surface area contributed by atoms with E-state index in [1.54, 1.807) is 19.2 Å². The van der Waals surface area contributed by atoms with E-state index < -0.39 is 18.1 Å². The second kappa shape index (κ2) is 11.8. The van der Waals surface area contributed by atoms with Crippen LogP contribution in [0.5, 0.6) is 17.2 Å². The summed E-state index contributed by atoms with van der Waals surface area (Å²) in [4.78, 5) is 37.2. The molecule has 2 atom stereocenters. The number of ether oxygens (including phenoxy) is 3. The maximum atomic E-state index is 13.3. The fourth-order valence-electron chi connectivity index (χ4n) is 4.68. The minimum absolute atomic E-state index is 0.175. The number of benzene rings is 1. The lowest BCUT2D eigenvalue weighted by Gasteiger charge is -2.19. The van der Waals surface area contributed by atoms with E-state index in [9.17, 15) is 19.5 Å². The maximum Gasteiger partial charge on any atom is 0.326 e. The molecule has 0 saturated carbocycles. The zero-order valence-corrected chi connectivity index (χ0v) is 21.4. The van der Waals surface area contributed by atoms with Gasteiger partial charge in [0.1, 0.15) is 6.04 Å². The summed E-state index contributed by atoms with van der Waals surface area (Å²) in [6.45, 7) is 3.41. The summed E-state index contributed by atoms with van der Waals surface area (Å²) < 4.78 is 16.9. The first kappa shape index (κ1) is 26.8. The molecule has 9 nitrogen and oxygen atoms in total. The third-order valence-electron chi connectivity index (χ3n) is 6.39. The maximum absolute atomic E-state index is 13.3. The monoisotopic (exact) mass is 498 g/mol. The third kappa shape index (κ3) is 5.56. The summed E-state index contributed by atoms with van der Waals surface area (Å²) in [5.41, 5.74) is 2.77. The number of aliphatic carboxylic acids is 1. The number of carboxylic acids is 1. The average molecular weight is 499 g/mol. The smallest absolute Gasteiger partial charge is 0.326 e. The van der Waals surface area contributed by atoms with Gasteiger partial charge in [0.25, 0.3) is 0 Å². The summed E-state index contributed by atoms with van der Waals surface area (Å²) in [7, 11) is 4.61. The van der Waals surface area contributed by atoms with Crippen molar-refractivity contribution in [2.24, 2.45) is 0 Å². The Balaban J connectivity index is 2.28. The summed E-state index contributed by atoms with van der Waals surface area (Å²) in [6, 6.07) is 5.39. The Morgan fingerprint density at radius 2 is 1.83 bits per heavy atom. The van der Waals surface area contributed by atoms with E-state index in [2.05, 4.69) is 10.6 Å². The van der Waals surface area contributed by atoms with Crippen LogP contribution in [-0.4, -0.2) is 44.4 Å². The number of fused-ring (bicyclic) bond motifs is 3. The quantitative estimate of drug-likeness (QED) is 0.450. The molecule has 1 aliphatic carbocycles. The molecule has 36 heavy (non-hydrogen) atoms. The highest BCUT2D eigenvalue weighted by molar-refractivity contribution is 5.84. The van der Waals surface area contributed by atoms with E-state index >= 15 is 0 Å². The third-order valence-corrected chi connectivity index (χ3v) is 6.39. The first-order chi connectivity index (χ1) is 17.2. The van der Waals surface area contributed by atoms with Crippen molar-refractivity contribution in [3.63, 3.8) is 0 Å². The number of nitrogens with one attached hydrogen (secondary N) is 2. The van der Waals surface area contributed by atoms with Gasteiger partial charge in [-0.25, -0.2) is 4.79 Å². The second-order valence-electron chi connectivity index (χ2n) is 8.77. The van der Waals surface area contributed by atoms with Crippen molar-refractivity contribution in [2.45, 2.75) is 58.0 Å². The van der Waals surface area contributed by atoms with Crippen LogP contribution in [0.4, 0.5) is 5.69 Å². The van der Waals surface area contributed by atoms with Crippen molar-refractivity contribution in [3.05, 3.63) is 45.6 Å². The number of carbonyl (C=O) groups is 2. The van der Waals surface area contributed by atoms with Gasteiger partial charge in [0.2, 0.25) is 17.1 Å². The van der Waals surface area contributed by atoms with Gasteiger partial charge >= 0.3 is 5.97 Å². The molecule has 1 amide bonds. The topological polar surface area (TPSA) is 123 Å². The normalized spacial score (nSPS) is 15.0. The van der Waals surface area contributed by atoms with Crippen LogP contribution in [0, 0.1) is 0 Å². The Morgan fingerprint density at radius 3 is 2.42 bits per heavy atom. The van der Waals surface area contributed by atoms with Crippen LogP contribution in [0.25, 0.3) is 11.1 Å². The first-order valence-corrected chi connectivity index (χ1v) is 12.0. The lowest BCUT2D eigenvalue weighted by molar-refractivity contribution is -0.138.